The van der Waals surface area contributed by atoms with Crippen LogP contribution in [0.5, 0.6) is 5.75 Å². The third-order valence-electron chi connectivity index (χ3n) is 4.92. The van der Waals surface area contributed by atoms with Crippen LogP contribution in [0.25, 0.3) is 43.7 Å². The first kappa shape index (κ1) is 20.9. The van der Waals surface area contributed by atoms with Gasteiger partial charge in [0, 0.05) is 21.5 Å². The maximum absolute atomic E-state index is 11.9. The Morgan fingerprint density at radius 1 is 0.969 bits per heavy atom. The van der Waals surface area contributed by atoms with Gasteiger partial charge in [0.15, 0.2) is 0 Å². The lowest BCUT2D eigenvalue weighted by Crippen LogP contribution is -2.05. The van der Waals surface area contributed by atoms with Crippen molar-refractivity contribution in [2.75, 3.05) is 0 Å². The number of ether oxygens (including phenoxy) is 1. The van der Waals surface area contributed by atoms with Crippen LogP contribution in [-0.2, 0) is 0 Å². The Morgan fingerprint density at radius 3 is 2.19 bits per heavy atom. The average molecular weight is 424 g/mol. The first-order chi connectivity index (χ1) is 15.4. The Morgan fingerprint density at radius 2 is 1.59 bits per heavy atom. The molecule has 0 aliphatic carbocycles. The highest BCUT2D eigenvalue weighted by Gasteiger charge is 2.14. The summed E-state index contributed by atoms with van der Waals surface area (Å²) in [6, 6.07) is 22.0. The SMILES string of the molecule is CC(C)Oc1ccc(-c2ccc(-c3cc(C(=O)O)c4cc(N=[N+]=[N-])ccc4n3)cc2)cc1. The van der Waals surface area contributed by atoms with E-state index < -0.39 is 5.97 Å². The number of aromatic nitrogens is 1. The number of pyridine rings is 1. The van der Waals surface area contributed by atoms with Gasteiger partial charge < -0.3 is 9.84 Å². The second-order valence-electron chi connectivity index (χ2n) is 7.52. The topological polar surface area (TPSA) is 108 Å². The molecule has 0 atom stereocenters. The van der Waals surface area contributed by atoms with Gasteiger partial charge in [0.1, 0.15) is 5.75 Å². The van der Waals surface area contributed by atoms with Crippen molar-refractivity contribution < 1.29 is 14.6 Å². The third kappa shape index (κ3) is 4.38. The maximum Gasteiger partial charge on any atom is 0.336 e. The lowest BCUT2D eigenvalue weighted by atomic mass is 10.0. The molecule has 0 radical (unpaired) electrons. The summed E-state index contributed by atoms with van der Waals surface area (Å²) >= 11 is 0. The van der Waals surface area contributed by atoms with Crippen molar-refractivity contribution in [3.8, 4) is 28.1 Å². The van der Waals surface area contributed by atoms with Crippen LogP contribution in [0.15, 0.2) is 77.9 Å². The van der Waals surface area contributed by atoms with Crippen LogP contribution in [0.4, 0.5) is 5.69 Å². The zero-order chi connectivity index (χ0) is 22.7. The van der Waals surface area contributed by atoms with Gasteiger partial charge in [-0.1, -0.05) is 47.6 Å². The number of hydrogen-bond acceptors (Lipinski definition) is 4. The number of nitrogens with zero attached hydrogens (tertiary/aromatic N) is 4. The number of carbonyl (C=O) groups is 1. The van der Waals surface area contributed by atoms with E-state index in [4.69, 9.17) is 10.3 Å². The van der Waals surface area contributed by atoms with Crippen molar-refractivity contribution in [2.45, 2.75) is 20.0 Å². The standard InChI is InChI=1S/C25H20N4O3/c1-15(2)32-20-10-7-17(8-11-20)16-3-5-18(6-4-16)24-14-22(25(30)31)21-13-19(28-29-26)9-12-23(21)27-24/h3-15H,1-2H3,(H,30,31). The number of carboxylic acid groups (broad SMARTS) is 1. The smallest absolute Gasteiger partial charge is 0.336 e. The summed E-state index contributed by atoms with van der Waals surface area (Å²) in [5.41, 5.74) is 13.0. The zero-order valence-electron chi connectivity index (χ0n) is 17.6. The Hall–Kier alpha value is -4.35. The molecule has 0 saturated heterocycles. The van der Waals surface area contributed by atoms with E-state index in [9.17, 15) is 9.90 Å². The summed E-state index contributed by atoms with van der Waals surface area (Å²) < 4.78 is 5.69. The van der Waals surface area contributed by atoms with E-state index in [1.807, 2.05) is 62.4 Å². The Balaban J connectivity index is 1.69. The summed E-state index contributed by atoms with van der Waals surface area (Å²) in [7, 11) is 0. The molecule has 4 rings (SSSR count). The molecule has 4 aromatic rings. The number of hydrogen-bond donors (Lipinski definition) is 1. The van der Waals surface area contributed by atoms with Crippen LogP contribution < -0.4 is 4.74 Å². The maximum atomic E-state index is 11.9. The predicted octanol–water partition coefficient (Wildman–Crippen LogP) is 7.00. The van der Waals surface area contributed by atoms with Crippen LogP contribution in [-0.4, -0.2) is 22.2 Å². The van der Waals surface area contributed by atoms with Gasteiger partial charge in [0.25, 0.3) is 0 Å². The molecule has 7 heteroatoms. The molecule has 0 unspecified atom stereocenters. The van der Waals surface area contributed by atoms with Gasteiger partial charge in [0.2, 0.25) is 0 Å². The fourth-order valence-corrected chi connectivity index (χ4v) is 3.48. The quantitative estimate of drug-likeness (QED) is 0.204. The summed E-state index contributed by atoms with van der Waals surface area (Å²) in [5, 5.41) is 13.7. The predicted molar refractivity (Wildman–Crippen MR) is 124 cm³/mol. The van der Waals surface area contributed by atoms with E-state index in [-0.39, 0.29) is 11.7 Å². The molecule has 32 heavy (non-hydrogen) atoms. The van der Waals surface area contributed by atoms with Gasteiger partial charge in [-0.25, -0.2) is 9.78 Å². The van der Waals surface area contributed by atoms with Gasteiger partial charge in [-0.2, -0.15) is 0 Å². The number of benzene rings is 3. The first-order valence-corrected chi connectivity index (χ1v) is 10.1. The highest BCUT2D eigenvalue weighted by molar-refractivity contribution is 6.04. The number of aromatic carboxylic acids is 1. The van der Waals surface area contributed by atoms with Crippen molar-refractivity contribution in [2.24, 2.45) is 5.11 Å². The normalized spacial score (nSPS) is 10.7. The van der Waals surface area contributed by atoms with Crippen LogP contribution in [0.3, 0.4) is 0 Å². The second kappa shape index (κ2) is 8.79. The lowest BCUT2D eigenvalue weighted by Gasteiger charge is -2.11. The lowest BCUT2D eigenvalue weighted by molar-refractivity contribution is 0.0699. The van der Waals surface area contributed by atoms with Crippen LogP contribution in [0.2, 0.25) is 0 Å². The third-order valence-corrected chi connectivity index (χ3v) is 4.92. The fraction of sp³-hybridized carbons (Fsp3) is 0.120. The largest absolute Gasteiger partial charge is 0.491 e. The highest BCUT2D eigenvalue weighted by atomic mass is 16.5. The van der Waals surface area contributed by atoms with E-state index in [1.54, 1.807) is 12.1 Å². The van der Waals surface area contributed by atoms with E-state index in [2.05, 4.69) is 15.0 Å². The molecule has 0 aliphatic rings. The summed E-state index contributed by atoms with van der Waals surface area (Å²) in [4.78, 5) is 19.2. The molecule has 158 valence electrons. The molecule has 0 amide bonds. The van der Waals surface area contributed by atoms with E-state index in [0.717, 1.165) is 22.4 Å². The minimum Gasteiger partial charge on any atom is -0.491 e. The number of fused-ring (bicyclic) bond motifs is 1. The van der Waals surface area contributed by atoms with Gasteiger partial charge >= 0.3 is 5.97 Å². The van der Waals surface area contributed by atoms with Crippen LogP contribution in [0, 0.1) is 0 Å². The molecule has 0 bridgehead atoms. The van der Waals surface area contributed by atoms with Crippen molar-refractivity contribution in [1.82, 2.24) is 4.98 Å². The van der Waals surface area contributed by atoms with Crippen LogP contribution in [0.1, 0.15) is 24.2 Å². The molecule has 1 heterocycles. The Bertz CT molecular complexity index is 1340. The Labute approximate surface area is 184 Å². The van der Waals surface area contributed by atoms with Gasteiger partial charge in [-0.3, -0.25) is 0 Å². The highest BCUT2D eigenvalue weighted by Crippen LogP contribution is 2.30. The van der Waals surface area contributed by atoms with Crippen LogP contribution >= 0.6 is 0 Å². The summed E-state index contributed by atoms with van der Waals surface area (Å²) in [6.07, 6.45) is 0.121. The summed E-state index contributed by atoms with van der Waals surface area (Å²) in [5.74, 6) is -0.248. The van der Waals surface area contributed by atoms with Gasteiger partial charge in [-0.15, -0.1) is 0 Å². The molecule has 0 aliphatic heterocycles. The monoisotopic (exact) mass is 424 g/mol. The van der Waals surface area contributed by atoms with Crippen molar-refractivity contribution >= 4 is 22.6 Å². The van der Waals surface area contributed by atoms with Crippen molar-refractivity contribution in [3.05, 3.63) is 88.8 Å². The molecular weight excluding hydrogens is 404 g/mol. The van der Waals surface area contributed by atoms with Crippen molar-refractivity contribution in [3.63, 3.8) is 0 Å². The van der Waals surface area contributed by atoms with E-state index in [1.165, 1.54) is 12.1 Å². The molecule has 0 spiro atoms. The van der Waals surface area contributed by atoms with Gasteiger partial charge in [-0.05, 0) is 60.8 Å². The second-order valence-corrected chi connectivity index (χ2v) is 7.52. The van der Waals surface area contributed by atoms with Gasteiger partial charge in [0.05, 0.1) is 22.9 Å². The first-order valence-electron chi connectivity index (χ1n) is 10.1. The molecule has 0 saturated carbocycles. The molecule has 1 N–H and O–H groups in total. The van der Waals surface area contributed by atoms with Crippen molar-refractivity contribution in [1.29, 1.82) is 0 Å². The minimum absolute atomic E-state index is 0.102. The zero-order valence-corrected chi connectivity index (χ0v) is 17.6. The van der Waals surface area contributed by atoms with E-state index in [0.29, 0.717) is 22.3 Å². The number of rotatable bonds is 6. The number of carboxylic acids is 1. The molecular formula is C25H20N4O3. The minimum atomic E-state index is -1.07. The fourth-order valence-electron chi connectivity index (χ4n) is 3.48. The average Bonchev–Trinajstić information content (AvgIpc) is 2.79. The molecule has 7 nitrogen and oxygen atoms in total. The number of azide groups is 1. The summed E-state index contributed by atoms with van der Waals surface area (Å²) in [6.45, 7) is 3.98. The molecule has 1 aromatic heterocycles. The van der Waals surface area contributed by atoms with E-state index >= 15 is 0 Å². The Kier molecular flexibility index (Phi) is 5.75. The molecule has 0 fully saturated rings. The molecule has 3 aromatic carbocycles.